The summed E-state index contributed by atoms with van der Waals surface area (Å²) in [5, 5.41) is 7.09. The molecule has 0 aliphatic rings. The number of guanidine groups is 1. The highest BCUT2D eigenvalue weighted by Gasteiger charge is 2.27. The van der Waals surface area contributed by atoms with Crippen molar-refractivity contribution in [3.63, 3.8) is 0 Å². The minimum Gasteiger partial charge on any atom is -0.372 e. The van der Waals surface area contributed by atoms with Gasteiger partial charge in [-0.2, -0.15) is 13.2 Å². The molecule has 0 unspecified atom stereocenters. The molecule has 1 rings (SSSR count). The van der Waals surface area contributed by atoms with Crippen LogP contribution in [0.25, 0.3) is 0 Å². The van der Waals surface area contributed by atoms with Crippen LogP contribution in [0.3, 0.4) is 0 Å². The van der Waals surface area contributed by atoms with Crippen LogP contribution >= 0.6 is 35.3 Å². The van der Waals surface area contributed by atoms with Gasteiger partial charge in [0.05, 0.1) is 6.54 Å². The third-order valence-electron chi connectivity index (χ3n) is 2.69. The Balaban J connectivity index is 0.00000529. The molecule has 140 valence electrons. The fraction of sp³-hybridized carbons (Fsp3) is 0.714. The Morgan fingerprint density at radius 2 is 2.08 bits per heavy atom. The average molecular weight is 480 g/mol. The molecule has 0 aromatic carbocycles. The Hall–Kier alpha value is -0.620. The molecule has 1 aromatic heterocycles. The van der Waals surface area contributed by atoms with Crippen molar-refractivity contribution in [1.82, 2.24) is 15.6 Å². The number of hydrogen-bond acceptors (Lipinski definition) is 4. The normalized spacial score (nSPS) is 12.0. The van der Waals surface area contributed by atoms with E-state index in [1.807, 2.05) is 13.1 Å². The van der Waals surface area contributed by atoms with Crippen LogP contribution in [0, 0.1) is 0 Å². The summed E-state index contributed by atoms with van der Waals surface area (Å²) < 4.78 is 40.3. The van der Waals surface area contributed by atoms with Crippen LogP contribution in [0.2, 0.25) is 0 Å². The second kappa shape index (κ2) is 12.7. The Bertz CT molecular complexity index is 483. The van der Waals surface area contributed by atoms with Gasteiger partial charge in [-0.1, -0.05) is 6.92 Å². The first kappa shape index (κ1) is 23.4. The van der Waals surface area contributed by atoms with E-state index in [1.54, 1.807) is 11.3 Å². The van der Waals surface area contributed by atoms with E-state index in [0.717, 1.165) is 11.4 Å². The van der Waals surface area contributed by atoms with Gasteiger partial charge in [-0.05, 0) is 19.8 Å². The maximum Gasteiger partial charge on any atom is 0.411 e. The minimum atomic E-state index is -4.27. The van der Waals surface area contributed by atoms with Gasteiger partial charge < -0.3 is 15.4 Å². The lowest BCUT2D eigenvalue weighted by Gasteiger charge is -2.11. The lowest BCUT2D eigenvalue weighted by atomic mass is 10.4. The van der Waals surface area contributed by atoms with Crippen LogP contribution in [-0.4, -0.2) is 43.4 Å². The molecule has 0 saturated carbocycles. The van der Waals surface area contributed by atoms with Crippen molar-refractivity contribution in [3.05, 3.63) is 16.1 Å². The summed E-state index contributed by atoms with van der Waals surface area (Å²) in [4.78, 5) is 9.92. The summed E-state index contributed by atoms with van der Waals surface area (Å²) in [5.74, 6) is 0.622. The SMILES string of the molecule is CCNC(=NCc1ncc(CC)s1)NCCCOCC(F)(F)F.I. The molecule has 0 amide bonds. The van der Waals surface area contributed by atoms with Gasteiger partial charge in [-0.15, -0.1) is 35.3 Å². The van der Waals surface area contributed by atoms with Crippen LogP contribution in [0.1, 0.15) is 30.2 Å². The molecule has 0 saturated heterocycles. The van der Waals surface area contributed by atoms with Gasteiger partial charge in [0.25, 0.3) is 0 Å². The van der Waals surface area contributed by atoms with Crippen molar-refractivity contribution in [2.24, 2.45) is 4.99 Å². The van der Waals surface area contributed by atoms with Gasteiger partial charge in [-0.3, -0.25) is 0 Å². The minimum absolute atomic E-state index is 0. The van der Waals surface area contributed by atoms with Crippen LogP contribution < -0.4 is 10.6 Å². The Kier molecular flexibility index (Phi) is 12.4. The predicted octanol–water partition coefficient (Wildman–Crippen LogP) is 3.35. The maximum absolute atomic E-state index is 11.9. The number of aliphatic imine (C=N–C) groups is 1. The van der Waals surface area contributed by atoms with Gasteiger partial charge in [-0.25, -0.2) is 9.98 Å². The molecule has 24 heavy (non-hydrogen) atoms. The molecule has 0 aliphatic carbocycles. The number of nitrogens with one attached hydrogen (secondary N) is 2. The molecular formula is C14H24F3IN4OS. The van der Waals surface area contributed by atoms with Crippen molar-refractivity contribution < 1.29 is 17.9 Å². The molecule has 0 radical (unpaired) electrons. The number of alkyl halides is 3. The molecule has 0 aliphatic heterocycles. The van der Waals surface area contributed by atoms with Crippen molar-refractivity contribution in [2.75, 3.05) is 26.3 Å². The summed E-state index contributed by atoms with van der Waals surface area (Å²) in [6.45, 7) is 4.54. The first-order chi connectivity index (χ1) is 10.9. The van der Waals surface area contributed by atoms with Crippen LogP contribution in [0.4, 0.5) is 13.2 Å². The largest absolute Gasteiger partial charge is 0.411 e. The number of thiazole rings is 1. The van der Waals surface area contributed by atoms with Crippen molar-refractivity contribution in [3.8, 4) is 0 Å². The van der Waals surface area contributed by atoms with E-state index in [4.69, 9.17) is 0 Å². The Morgan fingerprint density at radius 1 is 1.33 bits per heavy atom. The molecule has 1 aromatic rings. The summed E-state index contributed by atoms with van der Waals surface area (Å²) in [5.41, 5.74) is 0. The Labute approximate surface area is 161 Å². The quantitative estimate of drug-likeness (QED) is 0.247. The number of aromatic nitrogens is 1. The maximum atomic E-state index is 11.9. The van der Waals surface area contributed by atoms with Gasteiger partial charge in [0.1, 0.15) is 11.6 Å². The number of halogens is 4. The van der Waals surface area contributed by atoms with Crippen LogP contribution in [0.15, 0.2) is 11.2 Å². The summed E-state index contributed by atoms with van der Waals surface area (Å²) in [6, 6.07) is 0. The molecule has 0 fully saturated rings. The van der Waals surface area contributed by atoms with Crippen molar-refractivity contribution in [2.45, 2.75) is 39.4 Å². The second-order valence-electron chi connectivity index (χ2n) is 4.72. The standard InChI is InChI=1S/C14H23F3N4OS.HI/c1-3-11-8-20-12(23-11)9-21-13(18-4-2)19-6-5-7-22-10-14(15,16)17;/h8H,3-7,9-10H2,1-2H3,(H2,18,19,21);1H. The van der Waals surface area contributed by atoms with Gasteiger partial charge in [0.15, 0.2) is 5.96 Å². The number of aryl methyl sites for hydroxylation is 1. The number of hydrogen-bond donors (Lipinski definition) is 2. The second-order valence-corrected chi connectivity index (χ2v) is 5.92. The fourth-order valence-electron chi connectivity index (χ4n) is 1.64. The van der Waals surface area contributed by atoms with E-state index in [9.17, 15) is 13.2 Å². The van der Waals surface area contributed by atoms with E-state index in [0.29, 0.717) is 32.0 Å². The van der Waals surface area contributed by atoms with E-state index in [-0.39, 0.29) is 30.6 Å². The topological polar surface area (TPSA) is 58.5 Å². The lowest BCUT2D eigenvalue weighted by molar-refractivity contribution is -0.173. The van der Waals surface area contributed by atoms with Crippen molar-refractivity contribution in [1.29, 1.82) is 0 Å². The van der Waals surface area contributed by atoms with E-state index >= 15 is 0 Å². The molecular weight excluding hydrogens is 456 g/mol. The summed E-state index contributed by atoms with van der Waals surface area (Å²) in [7, 11) is 0. The first-order valence-electron chi connectivity index (χ1n) is 7.54. The van der Waals surface area contributed by atoms with Gasteiger partial charge in [0.2, 0.25) is 0 Å². The smallest absolute Gasteiger partial charge is 0.372 e. The zero-order valence-electron chi connectivity index (χ0n) is 13.8. The monoisotopic (exact) mass is 480 g/mol. The lowest BCUT2D eigenvalue weighted by Crippen LogP contribution is -2.38. The molecule has 1 heterocycles. The molecule has 2 N–H and O–H groups in total. The van der Waals surface area contributed by atoms with Gasteiger partial charge >= 0.3 is 6.18 Å². The average Bonchev–Trinajstić information content (AvgIpc) is 2.95. The Morgan fingerprint density at radius 3 is 2.67 bits per heavy atom. The zero-order chi connectivity index (χ0) is 17.1. The first-order valence-corrected chi connectivity index (χ1v) is 8.36. The highest BCUT2D eigenvalue weighted by Crippen LogP contribution is 2.14. The van der Waals surface area contributed by atoms with E-state index < -0.39 is 12.8 Å². The number of rotatable bonds is 9. The molecule has 10 heteroatoms. The van der Waals surface area contributed by atoms with Crippen molar-refractivity contribution >= 4 is 41.3 Å². The van der Waals surface area contributed by atoms with E-state index in [2.05, 4.69) is 32.3 Å². The highest BCUT2D eigenvalue weighted by molar-refractivity contribution is 14.0. The molecule has 0 atom stereocenters. The van der Waals surface area contributed by atoms with Crippen LogP contribution in [-0.2, 0) is 17.7 Å². The summed E-state index contributed by atoms with van der Waals surface area (Å²) in [6.07, 6.45) is -0.988. The number of nitrogens with zero attached hydrogens (tertiary/aromatic N) is 2. The van der Waals surface area contributed by atoms with Crippen LogP contribution in [0.5, 0.6) is 0 Å². The fourth-order valence-corrected chi connectivity index (χ4v) is 2.43. The summed E-state index contributed by atoms with van der Waals surface area (Å²) >= 11 is 1.63. The third kappa shape index (κ3) is 11.0. The third-order valence-corrected chi connectivity index (χ3v) is 3.82. The number of ether oxygens (including phenoxy) is 1. The predicted molar refractivity (Wildman–Crippen MR) is 101 cm³/mol. The zero-order valence-corrected chi connectivity index (χ0v) is 16.9. The molecule has 5 nitrogen and oxygen atoms in total. The highest BCUT2D eigenvalue weighted by atomic mass is 127. The molecule has 0 spiro atoms. The van der Waals surface area contributed by atoms with Gasteiger partial charge in [0, 0.05) is 30.8 Å². The molecule has 0 bridgehead atoms. The van der Waals surface area contributed by atoms with E-state index in [1.165, 1.54) is 4.88 Å².